The van der Waals surface area contributed by atoms with Crippen molar-refractivity contribution in [1.29, 1.82) is 0 Å². The molecule has 36 heavy (non-hydrogen) atoms. The van der Waals surface area contributed by atoms with Crippen LogP contribution < -0.4 is 9.46 Å². The van der Waals surface area contributed by atoms with Gasteiger partial charge in [-0.2, -0.15) is 0 Å². The maximum absolute atomic E-state index is 15.2. The third kappa shape index (κ3) is 4.48. The lowest BCUT2D eigenvalue weighted by atomic mass is 9.98. The van der Waals surface area contributed by atoms with E-state index < -0.39 is 21.7 Å². The number of pyridine rings is 1. The third-order valence-electron chi connectivity index (χ3n) is 5.44. The first-order chi connectivity index (χ1) is 17.2. The van der Waals surface area contributed by atoms with Gasteiger partial charge in [0.15, 0.2) is 5.82 Å². The summed E-state index contributed by atoms with van der Waals surface area (Å²) in [5, 5.41) is 4.57. The minimum absolute atomic E-state index is 0.0298. The number of anilines is 1. The molecule has 0 radical (unpaired) electrons. The van der Waals surface area contributed by atoms with Gasteiger partial charge in [0.25, 0.3) is 10.0 Å². The van der Waals surface area contributed by atoms with Crippen LogP contribution in [0.15, 0.2) is 82.4 Å². The number of nitrogens with one attached hydrogen (secondary N) is 1. The second kappa shape index (κ2) is 9.21. The lowest BCUT2D eigenvalue weighted by Gasteiger charge is -2.15. The molecule has 0 spiro atoms. The lowest BCUT2D eigenvalue weighted by molar-refractivity contribution is 0.415. The van der Waals surface area contributed by atoms with E-state index in [4.69, 9.17) is 16.3 Å². The molecule has 0 amide bonds. The van der Waals surface area contributed by atoms with E-state index in [-0.39, 0.29) is 32.9 Å². The highest BCUT2D eigenvalue weighted by Gasteiger charge is 2.20. The van der Waals surface area contributed by atoms with E-state index in [0.29, 0.717) is 21.9 Å². The maximum Gasteiger partial charge on any atom is 0.263 e. The summed E-state index contributed by atoms with van der Waals surface area (Å²) in [4.78, 5) is 4.31. The molecule has 0 aliphatic carbocycles. The number of ether oxygens (including phenoxy) is 1. The van der Waals surface area contributed by atoms with E-state index in [9.17, 15) is 12.8 Å². The van der Waals surface area contributed by atoms with Gasteiger partial charge in [-0.15, -0.1) is 0 Å². The minimum Gasteiger partial charge on any atom is -0.496 e. The molecule has 0 fully saturated rings. The van der Waals surface area contributed by atoms with Gasteiger partial charge in [0.1, 0.15) is 28.8 Å². The van der Waals surface area contributed by atoms with Crippen LogP contribution in [0.3, 0.4) is 0 Å². The Balaban J connectivity index is 1.64. The number of halogens is 3. The van der Waals surface area contributed by atoms with Gasteiger partial charge in [0.05, 0.1) is 17.7 Å². The molecule has 11 heteroatoms. The van der Waals surface area contributed by atoms with Gasteiger partial charge < -0.3 is 9.26 Å². The highest BCUT2D eigenvalue weighted by molar-refractivity contribution is 7.92. The summed E-state index contributed by atoms with van der Waals surface area (Å²) in [7, 11) is -2.56. The monoisotopic (exact) mass is 527 g/mol. The number of methoxy groups -OCH3 is 1. The number of rotatable bonds is 6. The smallest absolute Gasteiger partial charge is 0.263 e. The highest BCUT2D eigenvalue weighted by atomic mass is 35.5. The molecule has 3 aromatic carbocycles. The van der Waals surface area contributed by atoms with Gasteiger partial charge in [0, 0.05) is 22.6 Å². The topological polar surface area (TPSA) is 94.3 Å². The van der Waals surface area contributed by atoms with Crippen LogP contribution in [0, 0.1) is 11.6 Å². The fourth-order valence-corrected chi connectivity index (χ4v) is 5.05. The van der Waals surface area contributed by atoms with Crippen LogP contribution in [0.25, 0.3) is 33.2 Å². The third-order valence-corrected chi connectivity index (χ3v) is 6.98. The van der Waals surface area contributed by atoms with E-state index in [0.717, 1.165) is 0 Å². The molecular weight excluding hydrogens is 512 g/mol. The number of benzene rings is 3. The van der Waals surface area contributed by atoms with Crippen molar-refractivity contribution in [2.24, 2.45) is 0 Å². The zero-order valence-electron chi connectivity index (χ0n) is 18.5. The molecule has 0 unspecified atom stereocenters. The quantitative estimate of drug-likeness (QED) is 0.260. The molecular formula is C25H16ClF2N3O4S. The second-order valence-corrected chi connectivity index (χ2v) is 9.78. The minimum atomic E-state index is -3.98. The van der Waals surface area contributed by atoms with E-state index in [1.807, 2.05) is 0 Å². The van der Waals surface area contributed by atoms with Crippen molar-refractivity contribution in [3.8, 4) is 28.1 Å². The fourth-order valence-electron chi connectivity index (χ4n) is 3.82. The summed E-state index contributed by atoms with van der Waals surface area (Å²) in [6.45, 7) is 0. The first-order valence-electron chi connectivity index (χ1n) is 10.4. The molecule has 5 aromatic rings. The van der Waals surface area contributed by atoms with Crippen LogP contribution in [-0.2, 0) is 10.0 Å². The molecule has 7 nitrogen and oxygen atoms in total. The van der Waals surface area contributed by atoms with Crippen LogP contribution in [0.2, 0.25) is 5.15 Å². The predicted molar refractivity (Wildman–Crippen MR) is 131 cm³/mol. The number of hydrogen-bond acceptors (Lipinski definition) is 6. The Morgan fingerprint density at radius 3 is 2.56 bits per heavy atom. The summed E-state index contributed by atoms with van der Waals surface area (Å²) in [5.41, 5.74) is 1.07. The van der Waals surface area contributed by atoms with Crippen molar-refractivity contribution in [3.63, 3.8) is 0 Å². The standard InChI is InChI=1S/C25H16ClF2N3O4S/c1-34-22-13-19(14-3-2-4-16(27)9-14)21(28)12-20(22)25-18-6-5-17(10-15(18)11-23(26)29-25)36(32,33)31-24-7-8-35-30-24/h2-13H,1H3,(H,30,31). The van der Waals surface area contributed by atoms with E-state index >= 15 is 4.39 Å². The molecule has 0 saturated carbocycles. The Bertz CT molecular complexity index is 1710. The number of fused-ring (bicyclic) bond motifs is 1. The van der Waals surface area contributed by atoms with Crippen molar-refractivity contribution in [3.05, 3.63) is 89.8 Å². The summed E-state index contributed by atoms with van der Waals surface area (Å²) < 4.78 is 67.0. The average molecular weight is 528 g/mol. The first-order valence-corrected chi connectivity index (χ1v) is 12.3. The van der Waals surface area contributed by atoms with Crippen LogP contribution in [-0.4, -0.2) is 25.7 Å². The fraction of sp³-hybridized carbons (Fsp3) is 0.0400. The van der Waals surface area contributed by atoms with Gasteiger partial charge in [-0.3, -0.25) is 4.72 Å². The Kier molecular flexibility index (Phi) is 6.07. The van der Waals surface area contributed by atoms with E-state index in [1.165, 1.54) is 68.0 Å². The zero-order valence-corrected chi connectivity index (χ0v) is 20.1. The largest absolute Gasteiger partial charge is 0.496 e. The maximum atomic E-state index is 15.2. The molecule has 1 N–H and O–H groups in total. The number of sulfonamides is 1. The molecule has 0 atom stereocenters. The summed E-state index contributed by atoms with van der Waals surface area (Å²) in [6, 6.07) is 15.5. The molecule has 0 saturated heterocycles. The van der Waals surface area contributed by atoms with Crippen molar-refractivity contribution in [2.75, 3.05) is 11.8 Å². The van der Waals surface area contributed by atoms with E-state index in [1.54, 1.807) is 12.1 Å². The van der Waals surface area contributed by atoms with Gasteiger partial charge in [-0.25, -0.2) is 22.2 Å². The Morgan fingerprint density at radius 2 is 1.83 bits per heavy atom. The molecule has 0 aliphatic heterocycles. The molecule has 0 bridgehead atoms. The Morgan fingerprint density at radius 1 is 1.00 bits per heavy atom. The summed E-state index contributed by atoms with van der Waals surface area (Å²) >= 11 is 6.26. The second-order valence-electron chi connectivity index (χ2n) is 7.71. The summed E-state index contributed by atoms with van der Waals surface area (Å²) in [5.74, 6) is -0.818. The average Bonchev–Trinajstić information content (AvgIpc) is 3.35. The number of nitrogens with zero attached hydrogens (tertiary/aromatic N) is 2. The summed E-state index contributed by atoms with van der Waals surface area (Å²) in [6.07, 6.45) is 1.24. The van der Waals surface area contributed by atoms with Crippen LogP contribution in [0.4, 0.5) is 14.6 Å². The predicted octanol–water partition coefficient (Wildman–Crippen LogP) is 6.30. The molecule has 2 heterocycles. The van der Waals surface area contributed by atoms with Gasteiger partial charge in [-0.1, -0.05) is 35.0 Å². The van der Waals surface area contributed by atoms with Gasteiger partial charge in [0.2, 0.25) is 0 Å². The normalized spacial score (nSPS) is 11.6. The van der Waals surface area contributed by atoms with Crippen LogP contribution in [0.5, 0.6) is 5.75 Å². The van der Waals surface area contributed by atoms with Crippen molar-refractivity contribution in [2.45, 2.75) is 4.90 Å². The lowest BCUT2D eigenvalue weighted by Crippen LogP contribution is -2.13. The first kappa shape index (κ1) is 23.7. The molecule has 0 aliphatic rings. The Labute approximate surface area is 209 Å². The van der Waals surface area contributed by atoms with E-state index in [2.05, 4.69) is 19.4 Å². The molecule has 5 rings (SSSR count). The van der Waals surface area contributed by atoms with Crippen molar-refractivity contribution in [1.82, 2.24) is 10.1 Å². The highest BCUT2D eigenvalue weighted by Crippen LogP contribution is 2.39. The SMILES string of the molecule is COc1cc(-c2cccc(F)c2)c(F)cc1-c1nc(Cl)cc2cc(S(=O)(=O)Nc3ccon3)ccc12. The zero-order chi connectivity index (χ0) is 25.4. The van der Waals surface area contributed by atoms with Gasteiger partial charge >= 0.3 is 0 Å². The van der Waals surface area contributed by atoms with Crippen LogP contribution >= 0.6 is 11.6 Å². The van der Waals surface area contributed by atoms with Crippen molar-refractivity contribution < 1.29 is 26.5 Å². The molecule has 182 valence electrons. The Hall–Kier alpha value is -4.02. The molecule has 2 aromatic heterocycles. The number of aromatic nitrogens is 2. The number of hydrogen-bond donors (Lipinski definition) is 1. The van der Waals surface area contributed by atoms with Gasteiger partial charge in [-0.05, 0) is 53.4 Å². The van der Waals surface area contributed by atoms with Crippen LogP contribution in [0.1, 0.15) is 0 Å². The van der Waals surface area contributed by atoms with Crippen molar-refractivity contribution >= 4 is 38.2 Å².